The van der Waals surface area contributed by atoms with Crippen molar-refractivity contribution in [3.05, 3.63) is 28.1 Å². The molecule has 1 aliphatic rings. The maximum absolute atomic E-state index is 12.3. The molecular weight excluding hydrogens is 296 g/mol. The highest BCUT2D eigenvalue weighted by molar-refractivity contribution is 7.21. The lowest BCUT2D eigenvalue weighted by atomic mass is 10.0. The molecule has 22 heavy (non-hydrogen) atoms. The Hall–Kier alpha value is -1.59. The predicted octanol–water partition coefficient (Wildman–Crippen LogP) is 3.13. The van der Waals surface area contributed by atoms with Gasteiger partial charge < -0.3 is 14.5 Å². The molecule has 0 atom stereocenters. The molecule has 0 radical (unpaired) electrons. The average Bonchev–Trinajstić information content (AvgIpc) is 2.74. The molecule has 0 spiro atoms. The fourth-order valence-corrected chi connectivity index (χ4v) is 4.29. The lowest BCUT2D eigenvalue weighted by Gasteiger charge is -2.18. The van der Waals surface area contributed by atoms with Gasteiger partial charge >= 0.3 is 5.97 Å². The number of rotatable bonds is 3. The van der Waals surface area contributed by atoms with Crippen LogP contribution in [0.4, 0.5) is 5.69 Å². The standard InChI is InChI=1S/C17H22N2O2S/c1-5-21-17(20)16-12-10-19(4)9-8-11-13(18(2)3)6-7-14(22-16)15(11)12/h6-7H,5,8-10H2,1-4H3. The van der Waals surface area contributed by atoms with E-state index in [-0.39, 0.29) is 5.97 Å². The third kappa shape index (κ3) is 2.48. The van der Waals surface area contributed by atoms with Gasteiger partial charge in [0.25, 0.3) is 0 Å². The summed E-state index contributed by atoms with van der Waals surface area (Å²) >= 11 is 1.56. The molecule has 1 aromatic heterocycles. The van der Waals surface area contributed by atoms with E-state index < -0.39 is 0 Å². The van der Waals surface area contributed by atoms with Crippen molar-refractivity contribution in [2.45, 2.75) is 19.9 Å². The molecule has 0 saturated heterocycles. The minimum Gasteiger partial charge on any atom is -0.462 e. The van der Waals surface area contributed by atoms with E-state index in [0.29, 0.717) is 6.61 Å². The van der Waals surface area contributed by atoms with Gasteiger partial charge in [-0.3, -0.25) is 0 Å². The van der Waals surface area contributed by atoms with E-state index >= 15 is 0 Å². The molecule has 5 heteroatoms. The van der Waals surface area contributed by atoms with E-state index in [9.17, 15) is 4.79 Å². The van der Waals surface area contributed by atoms with Gasteiger partial charge in [-0.05, 0) is 43.7 Å². The number of hydrogen-bond acceptors (Lipinski definition) is 5. The van der Waals surface area contributed by atoms with Crippen molar-refractivity contribution >= 4 is 33.1 Å². The van der Waals surface area contributed by atoms with Crippen LogP contribution in [-0.2, 0) is 17.7 Å². The number of carbonyl (C=O) groups is 1. The topological polar surface area (TPSA) is 32.8 Å². The fourth-order valence-electron chi connectivity index (χ4n) is 3.15. The number of carbonyl (C=O) groups excluding carboxylic acids is 1. The summed E-state index contributed by atoms with van der Waals surface area (Å²) in [5.74, 6) is -0.189. The number of thiophene rings is 1. The Labute approximate surface area is 135 Å². The Morgan fingerprint density at radius 1 is 1.36 bits per heavy atom. The molecule has 0 amide bonds. The van der Waals surface area contributed by atoms with Crippen molar-refractivity contribution in [3.63, 3.8) is 0 Å². The smallest absolute Gasteiger partial charge is 0.348 e. The molecule has 3 rings (SSSR count). The summed E-state index contributed by atoms with van der Waals surface area (Å²) in [6.07, 6.45) is 1.01. The van der Waals surface area contributed by atoms with Gasteiger partial charge in [-0.15, -0.1) is 11.3 Å². The quantitative estimate of drug-likeness (QED) is 0.814. The van der Waals surface area contributed by atoms with Crippen LogP contribution in [0, 0.1) is 0 Å². The van der Waals surface area contributed by atoms with Gasteiger partial charge in [-0.1, -0.05) is 0 Å². The summed E-state index contributed by atoms with van der Waals surface area (Å²) in [4.78, 5) is 17.5. The molecule has 4 nitrogen and oxygen atoms in total. The summed E-state index contributed by atoms with van der Waals surface area (Å²) in [6, 6.07) is 4.30. The number of likely N-dealkylation sites (N-methyl/N-ethyl adjacent to an activating group) is 1. The second kappa shape index (κ2) is 5.89. The van der Waals surface area contributed by atoms with Crippen LogP contribution >= 0.6 is 11.3 Å². The van der Waals surface area contributed by atoms with Crippen molar-refractivity contribution in [1.82, 2.24) is 4.90 Å². The van der Waals surface area contributed by atoms with Gasteiger partial charge in [0.2, 0.25) is 0 Å². The van der Waals surface area contributed by atoms with Crippen LogP contribution < -0.4 is 4.90 Å². The summed E-state index contributed by atoms with van der Waals surface area (Å²) in [5, 5.41) is 1.27. The van der Waals surface area contributed by atoms with E-state index in [4.69, 9.17) is 4.74 Å². The van der Waals surface area contributed by atoms with Crippen molar-refractivity contribution in [3.8, 4) is 0 Å². The molecule has 2 aromatic rings. The SMILES string of the molecule is CCOC(=O)c1sc2ccc(N(C)C)c3c2c1CN(C)CC3. The molecule has 0 aliphatic carbocycles. The number of anilines is 1. The molecule has 1 aromatic carbocycles. The molecule has 0 N–H and O–H groups in total. The Morgan fingerprint density at radius 3 is 2.82 bits per heavy atom. The first-order valence-corrected chi connectivity index (χ1v) is 8.44. The second-order valence-electron chi connectivity index (χ2n) is 5.95. The lowest BCUT2D eigenvalue weighted by Crippen LogP contribution is -2.20. The Kier molecular flexibility index (Phi) is 4.10. The van der Waals surface area contributed by atoms with E-state index in [1.165, 1.54) is 21.3 Å². The van der Waals surface area contributed by atoms with Crippen LogP contribution in [-0.4, -0.2) is 45.2 Å². The van der Waals surface area contributed by atoms with E-state index in [1.54, 1.807) is 11.3 Å². The molecular formula is C17H22N2O2S. The van der Waals surface area contributed by atoms with E-state index in [2.05, 4.69) is 43.1 Å². The summed E-state index contributed by atoms with van der Waals surface area (Å²) in [5.41, 5.74) is 3.74. The first-order chi connectivity index (χ1) is 10.5. The van der Waals surface area contributed by atoms with Crippen molar-refractivity contribution in [1.29, 1.82) is 0 Å². The zero-order valence-corrected chi connectivity index (χ0v) is 14.4. The fraction of sp³-hybridized carbons (Fsp3) is 0.471. The molecule has 0 fully saturated rings. The largest absolute Gasteiger partial charge is 0.462 e. The molecule has 0 saturated carbocycles. The van der Waals surface area contributed by atoms with Crippen molar-refractivity contribution in [2.24, 2.45) is 0 Å². The van der Waals surface area contributed by atoms with Gasteiger partial charge in [0.05, 0.1) is 6.61 Å². The maximum Gasteiger partial charge on any atom is 0.348 e. The van der Waals surface area contributed by atoms with Gasteiger partial charge in [0, 0.05) is 43.0 Å². The Morgan fingerprint density at radius 2 is 2.14 bits per heavy atom. The molecule has 118 valence electrons. The molecule has 0 unspecified atom stereocenters. The minimum absolute atomic E-state index is 0.189. The third-order valence-corrected chi connectivity index (χ3v) is 5.33. The molecule has 1 aliphatic heterocycles. The number of nitrogens with zero attached hydrogens (tertiary/aromatic N) is 2. The number of benzene rings is 1. The van der Waals surface area contributed by atoms with Crippen LogP contribution in [0.15, 0.2) is 12.1 Å². The average molecular weight is 318 g/mol. The number of ether oxygens (including phenoxy) is 1. The van der Waals surface area contributed by atoms with E-state index in [1.807, 2.05) is 6.92 Å². The monoisotopic (exact) mass is 318 g/mol. The van der Waals surface area contributed by atoms with Gasteiger partial charge in [0.15, 0.2) is 0 Å². The molecule has 2 heterocycles. The van der Waals surface area contributed by atoms with Gasteiger partial charge in [-0.25, -0.2) is 4.79 Å². The van der Waals surface area contributed by atoms with Crippen LogP contribution in [0.2, 0.25) is 0 Å². The maximum atomic E-state index is 12.3. The van der Waals surface area contributed by atoms with Crippen LogP contribution in [0.3, 0.4) is 0 Å². The summed E-state index contributed by atoms with van der Waals surface area (Å²) < 4.78 is 6.45. The summed E-state index contributed by atoms with van der Waals surface area (Å²) in [7, 11) is 6.26. The highest BCUT2D eigenvalue weighted by Gasteiger charge is 2.26. The minimum atomic E-state index is -0.189. The Balaban J connectivity index is 2.26. The summed E-state index contributed by atoms with van der Waals surface area (Å²) in [6.45, 7) is 4.07. The zero-order chi connectivity index (χ0) is 15.9. The van der Waals surface area contributed by atoms with E-state index in [0.717, 1.165) is 30.0 Å². The Bertz CT molecular complexity index is 721. The highest BCUT2D eigenvalue weighted by Crippen LogP contribution is 2.40. The predicted molar refractivity (Wildman–Crippen MR) is 92.1 cm³/mol. The van der Waals surface area contributed by atoms with Crippen molar-refractivity contribution in [2.75, 3.05) is 39.2 Å². The highest BCUT2D eigenvalue weighted by atomic mass is 32.1. The normalized spacial score (nSPS) is 14.9. The number of hydrogen-bond donors (Lipinski definition) is 0. The lowest BCUT2D eigenvalue weighted by molar-refractivity contribution is 0.0530. The van der Waals surface area contributed by atoms with Crippen LogP contribution in [0.1, 0.15) is 27.7 Å². The van der Waals surface area contributed by atoms with Crippen LogP contribution in [0.25, 0.3) is 10.1 Å². The van der Waals surface area contributed by atoms with Gasteiger partial charge in [-0.2, -0.15) is 0 Å². The van der Waals surface area contributed by atoms with Crippen LogP contribution in [0.5, 0.6) is 0 Å². The van der Waals surface area contributed by atoms with Gasteiger partial charge in [0.1, 0.15) is 4.88 Å². The second-order valence-corrected chi connectivity index (χ2v) is 7.00. The first-order valence-electron chi connectivity index (χ1n) is 7.63. The first kappa shape index (κ1) is 15.3. The van der Waals surface area contributed by atoms with Crippen molar-refractivity contribution < 1.29 is 9.53 Å². The zero-order valence-electron chi connectivity index (χ0n) is 13.6. The molecule has 0 bridgehead atoms. The number of esters is 1. The third-order valence-electron chi connectivity index (χ3n) is 4.15.